The van der Waals surface area contributed by atoms with Crippen LogP contribution < -0.4 is 10.5 Å². The van der Waals surface area contributed by atoms with Crippen LogP contribution in [0.3, 0.4) is 0 Å². The van der Waals surface area contributed by atoms with Gasteiger partial charge in [0, 0.05) is 19.2 Å². The van der Waals surface area contributed by atoms with E-state index in [0.29, 0.717) is 21.8 Å². The number of anilines is 1. The summed E-state index contributed by atoms with van der Waals surface area (Å²) in [7, 11) is 1.74. The van der Waals surface area contributed by atoms with Crippen molar-refractivity contribution in [2.24, 2.45) is 7.05 Å². The van der Waals surface area contributed by atoms with E-state index in [1.165, 1.54) is 21.7 Å². The van der Waals surface area contributed by atoms with Crippen molar-refractivity contribution in [3.8, 4) is 5.69 Å². The fraction of sp³-hybridized carbons (Fsp3) is 0.0952. The van der Waals surface area contributed by atoms with Crippen LogP contribution in [-0.2, 0) is 11.8 Å². The average Bonchev–Trinajstić information content (AvgIpc) is 3.14. The van der Waals surface area contributed by atoms with Gasteiger partial charge in [0.05, 0.1) is 21.2 Å². The summed E-state index contributed by atoms with van der Waals surface area (Å²) >= 11 is 6.47. The number of thiocarbonyl (C=S) groups is 1. The predicted molar refractivity (Wildman–Crippen MR) is 124 cm³/mol. The molecule has 10 heteroatoms. The number of nitrogens with zero attached hydrogens (tertiary/aromatic N) is 4. The minimum Gasteiger partial charge on any atom is -0.283 e. The molecule has 0 atom stereocenters. The molecule has 0 radical (unpaired) electrons. The van der Waals surface area contributed by atoms with Crippen LogP contribution in [0.1, 0.15) is 11.3 Å². The van der Waals surface area contributed by atoms with E-state index < -0.39 is 10.8 Å². The Morgan fingerprint density at radius 3 is 2.48 bits per heavy atom. The van der Waals surface area contributed by atoms with Crippen molar-refractivity contribution in [1.82, 2.24) is 9.36 Å². The van der Waals surface area contributed by atoms with Crippen molar-refractivity contribution in [1.29, 1.82) is 0 Å². The number of hydrogen-bond donors (Lipinski definition) is 0. The highest BCUT2D eigenvalue weighted by molar-refractivity contribution is 8.27. The molecular formula is C21H16N4O4S2. The quantitative estimate of drug-likeness (QED) is 0.259. The van der Waals surface area contributed by atoms with E-state index in [0.717, 1.165) is 11.8 Å². The largest absolute Gasteiger partial charge is 0.296 e. The van der Waals surface area contributed by atoms with Crippen molar-refractivity contribution in [2.75, 3.05) is 4.90 Å². The fourth-order valence-corrected chi connectivity index (χ4v) is 4.62. The SMILES string of the molecule is Cc1c(N2C(=O)/C(=C/c3cccc([N+](=O)[O-])c3)SC2=S)c(=O)n(-c2ccccc2)n1C. The normalized spacial score (nSPS) is 15.2. The van der Waals surface area contributed by atoms with E-state index in [1.807, 2.05) is 18.2 Å². The average molecular weight is 453 g/mol. The van der Waals surface area contributed by atoms with Gasteiger partial charge in [-0.25, -0.2) is 4.68 Å². The Hall–Kier alpha value is -3.50. The zero-order valence-electron chi connectivity index (χ0n) is 16.5. The summed E-state index contributed by atoms with van der Waals surface area (Å²) in [5.41, 5.74) is 1.51. The monoisotopic (exact) mass is 452 g/mol. The molecule has 3 aromatic rings. The second-order valence-corrected chi connectivity index (χ2v) is 8.46. The standard InChI is InChI=1S/C21H16N4O4S2/c1-13-18(20(27)24(22(13)2)15-8-4-3-5-9-15)23-19(26)17(31-21(23)30)12-14-7-6-10-16(11-14)25(28)29/h3-12H,1-2H3/b17-12-. The van der Waals surface area contributed by atoms with Crippen LogP contribution in [0.25, 0.3) is 11.8 Å². The van der Waals surface area contributed by atoms with Gasteiger partial charge < -0.3 is 0 Å². The first kappa shape index (κ1) is 20.8. The summed E-state index contributed by atoms with van der Waals surface area (Å²) in [5.74, 6) is -0.437. The molecule has 0 spiro atoms. The smallest absolute Gasteiger partial charge is 0.283 e. The summed E-state index contributed by atoms with van der Waals surface area (Å²) in [5, 5.41) is 11.0. The Labute approximate surface area is 186 Å². The van der Waals surface area contributed by atoms with Gasteiger partial charge in [0.2, 0.25) is 0 Å². The number of hydrogen-bond acceptors (Lipinski definition) is 6. The van der Waals surface area contributed by atoms with Gasteiger partial charge in [-0.1, -0.05) is 54.3 Å². The number of non-ortho nitro benzene ring substituents is 1. The third kappa shape index (κ3) is 3.60. The highest BCUT2D eigenvalue weighted by atomic mass is 32.2. The number of carbonyl (C=O) groups excluding carboxylic acids is 1. The van der Waals surface area contributed by atoms with Crippen LogP contribution in [0.2, 0.25) is 0 Å². The second kappa shape index (κ2) is 7.97. The third-order valence-electron chi connectivity index (χ3n) is 4.92. The molecule has 2 heterocycles. The topological polar surface area (TPSA) is 90.4 Å². The molecular weight excluding hydrogens is 436 g/mol. The lowest BCUT2D eigenvalue weighted by molar-refractivity contribution is -0.384. The Kier molecular flexibility index (Phi) is 5.34. The summed E-state index contributed by atoms with van der Waals surface area (Å²) in [6.45, 7) is 1.75. The van der Waals surface area contributed by atoms with Crippen LogP contribution in [0.5, 0.6) is 0 Å². The molecule has 31 heavy (non-hydrogen) atoms. The van der Waals surface area contributed by atoms with E-state index in [4.69, 9.17) is 12.2 Å². The molecule has 1 saturated heterocycles. The maximum atomic E-state index is 13.3. The Balaban J connectivity index is 1.77. The van der Waals surface area contributed by atoms with Gasteiger partial charge in [0.15, 0.2) is 4.32 Å². The lowest BCUT2D eigenvalue weighted by Gasteiger charge is -2.12. The molecule has 0 saturated carbocycles. The summed E-state index contributed by atoms with van der Waals surface area (Å²) in [4.78, 5) is 38.5. The Morgan fingerprint density at radius 1 is 1.10 bits per heavy atom. The Morgan fingerprint density at radius 2 is 1.81 bits per heavy atom. The first-order valence-electron chi connectivity index (χ1n) is 9.16. The first-order valence-corrected chi connectivity index (χ1v) is 10.4. The second-order valence-electron chi connectivity index (χ2n) is 6.78. The number of rotatable bonds is 4. The lowest BCUT2D eigenvalue weighted by Crippen LogP contribution is -2.33. The van der Waals surface area contributed by atoms with Crippen molar-refractivity contribution >= 4 is 51.7 Å². The number of thioether (sulfide) groups is 1. The molecule has 0 unspecified atom stereocenters. The van der Waals surface area contributed by atoms with E-state index in [9.17, 15) is 19.7 Å². The maximum Gasteiger partial charge on any atom is 0.296 e. The molecule has 0 N–H and O–H groups in total. The number of benzene rings is 2. The number of carbonyl (C=O) groups is 1. The van der Waals surface area contributed by atoms with E-state index >= 15 is 0 Å². The first-order chi connectivity index (χ1) is 14.8. The minimum atomic E-state index is -0.498. The fourth-order valence-electron chi connectivity index (χ4n) is 3.35. The maximum absolute atomic E-state index is 13.3. The van der Waals surface area contributed by atoms with Gasteiger partial charge >= 0.3 is 0 Å². The number of para-hydroxylation sites is 1. The van der Waals surface area contributed by atoms with E-state index in [-0.39, 0.29) is 21.3 Å². The van der Waals surface area contributed by atoms with Crippen LogP contribution in [0.15, 0.2) is 64.3 Å². The molecule has 1 aliphatic heterocycles. The highest BCUT2D eigenvalue weighted by Gasteiger charge is 2.37. The van der Waals surface area contributed by atoms with Gasteiger partial charge in [-0.3, -0.25) is 29.3 Å². The minimum absolute atomic E-state index is 0.0751. The predicted octanol–water partition coefficient (Wildman–Crippen LogP) is 3.80. The molecule has 8 nitrogen and oxygen atoms in total. The van der Waals surface area contributed by atoms with Gasteiger partial charge in [-0.2, -0.15) is 0 Å². The number of nitro groups is 1. The van der Waals surface area contributed by atoms with Crippen LogP contribution in [0.4, 0.5) is 11.4 Å². The molecule has 0 bridgehead atoms. The van der Waals surface area contributed by atoms with Gasteiger partial charge in [-0.15, -0.1) is 0 Å². The lowest BCUT2D eigenvalue weighted by atomic mass is 10.2. The molecule has 1 aromatic heterocycles. The number of aromatic nitrogens is 2. The number of amides is 1. The summed E-state index contributed by atoms with van der Waals surface area (Å²) < 4.78 is 3.39. The molecule has 1 fully saturated rings. The third-order valence-corrected chi connectivity index (χ3v) is 6.22. The molecule has 1 amide bonds. The van der Waals surface area contributed by atoms with Gasteiger partial charge in [-0.05, 0) is 30.7 Å². The zero-order chi connectivity index (χ0) is 22.3. The Bertz CT molecular complexity index is 1320. The van der Waals surface area contributed by atoms with Crippen LogP contribution in [0, 0.1) is 17.0 Å². The number of nitro benzene ring substituents is 1. The van der Waals surface area contributed by atoms with Gasteiger partial charge in [0.25, 0.3) is 17.2 Å². The van der Waals surface area contributed by atoms with Crippen molar-refractivity contribution in [3.63, 3.8) is 0 Å². The van der Waals surface area contributed by atoms with Crippen molar-refractivity contribution in [2.45, 2.75) is 6.92 Å². The van der Waals surface area contributed by atoms with Gasteiger partial charge in [0.1, 0.15) is 5.69 Å². The van der Waals surface area contributed by atoms with Crippen LogP contribution in [-0.4, -0.2) is 24.5 Å². The molecule has 2 aromatic carbocycles. The van der Waals surface area contributed by atoms with Crippen LogP contribution >= 0.6 is 24.0 Å². The van der Waals surface area contributed by atoms with E-state index in [1.54, 1.807) is 49.0 Å². The zero-order valence-corrected chi connectivity index (χ0v) is 18.1. The summed E-state index contributed by atoms with van der Waals surface area (Å²) in [6, 6.07) is 15.1. The highest BCUT2D eigenvalue weighted by Crippen LogP contribution is 2.36. The van der Waals surface area contributed by atoms with E-state index in [2.05, 4.69) is 0 Å². The molecule has 0 aliphatic carbocycles. The van der Waals surface area contributed by atoms with Crippen molar-refractivity contribution in [3.05, 3.63) is 91.2 Å². The molecule has 1 aliphatic rings. The summed E-state index contributed by atoms with van der Waals surface area (Å²) in [6.07, 6.45) is 1.54. The molecule has 156 valence electrons. The molecule has 4 rings (SSSR count). The van der Waals surface area contributed by atoms with Crippen molar-refractivity contribution < 1.29 is 9.72 Å².